The Morgan fingerprint density at radius 2 is 2.10 bits per heavy atom. The lowest BCUT2D eigenvalue weighted by atomic mass is 9.96. The van der Waals surface area contributed by atoms with Crippen molar-refractivity contribution in [2.24, 2.45) is 0 Å². The molecule has 1 aromatic carbocycles. The van der Waals surface area contributed by atoms with Crippen molar-refractivity contribution in [3.8, 4) is 0 Å². The lowest BCUT2D eigenvalue weighted by Gasteiger charge is -2.41. The van der Waals surface area contributed by atoms with Crippen molar-refractivity contribution in [3.05, 3.63) is 48.4 Å². The molecule has 2 N–H and O–H groups in total. The van der Waals surface area contributed by atoms with Crippen LogP contribution in [0.2, 0.25) is 0 Å². The molecule has 0 radical (unpaired) electrons. The Kier molecular flexibility index (Phi) is 5.60. The van der Waals surface area contributed by atoms with E-state index in [1.165, 1.54) is 12.1 Å². The first-order valence-electron chi connectivity index (χ1n) is 10.7. The number of aldehydes is 1. The number of nitrogens with zero attached hydrogens (tertiary/aromatic N) is 3. The third-order valence-electron chi connectivity index (χ3n) is 5.83. The fraction of sp³-hybridized carbons (Fsp3) is 0.417. The van der Waals surface area contributed by atoms with Crippen LogP contribution >= 0.6 is 0 Å². The van der Waals surface area contributed by atoms with Gasteiger partial charge in [0.05, 0.1) is 11.7 Å². The fourth-order valence-corrected chi connectivity index (χ4v) is 4.35. The van der Waals surface area contributed by atoms with Gasteiger partial charge in [0.15, 0.2) is 5.82 Å². The summed E-state index contributed by atoms with van der Waals surface area (Å²) in [6, 6.07) is 10.5. The molecular formula is C24H30FN5O. The van der Waals surface area contributed by atoms with Crippen molar-refractivity contribution in [1.82, 2.24) is 9.97 Å². The molecular weight excluding hydrogens is 393 g/mol. The second-order valence-electron chi connectivity index (χ2n) is 9.32. The van der Waals surface area contributed by atoms with Crippen molar-refractivity contribution in [2.45, 2.75) is 51.2 Å². The SMILES string of the molecule is CN(c1ncccc1NC(C)(C)C)C1CCN(c2cc3cc(F)ccc3[nH]2)C(C=O)C1. The van der Waals surface area contributed by atoms with Gasteiger partial charge < -0.3 is 24.9 Å². The van der Waals surface area contributed by atoms with Crippen LogP contribution in [0.15, 0.2) is 42.6 Å². The second-order valence-corrected chi connectivity index (χ2v) is 9.32. The minimum atomic E-state index is -0.264. The Hall–Kier alpha value is -3.09. The summed E-state index contributed by atoms with van der Waals surface area (Å²) in [5.74, 6) is 1.48. The van der Waals surface area contributed by atoms with Crippen molar-refractivity contribution in [1.29, 1.82) is 0 Å². The standard InChI is InChI=1S/C24H30FN5O/c1-24(2,3)28-21-6-5-10-26-23(21)29(4)18-9-11-30(19(14-18)15-31)22-13-16-12-17(25)7-8-20(16)27-22/h5-8,10,12-13,15,18-19,27-28H,9,11,14H2,1-4H3. The number of hydrogen-bond acceptors (Lipinski definition) is 5. The molecule has 0 aliphatic carbocycles. The zero-order valence-corrected chi connectivity index (χ0v) is 18.5. The smallest absolute Gasteiger partial charge is 0.151 e. The van der Waals surface area contributed by atoms with Gasteiger partial charge in [-0.05, 0) is 70.0 Å². The van der Waals surface area contributed by atoms with E-state index in [0.29, 0.717) is 6.42 Å². The Morgan fingerprint density at radius 3 is 2.84 bits per heavy atom. The average molecular weight is 424 g/mol. The second kappa shape index (κ2) is 8.21. The number of piperidine rings is 1. The summed E-state index contributed by atoms with van der Waals surface area (Å²) in [5.41, 5.74) is 1.77. The molecule has 0 saturated carbocycles. The van der Waals surface area contributed by atoms with Gasteiger partial charge in [0.1, 0.15) is 17.9 Å². The Morgan fingerprint density at radius 1 is 1.29 bits per heavy atom. The highest BCUT2D eigenvalue weighted by molar-refractivity contribution is 5.85. The molecule has 0 bridgehead atoms. The van der Waals surface area contributed by atoms with Crippen molar-refractivity contribution in [2.75, 3.05) is 28.7 Å². The largest absolute Gasteiger partial charge is 0.377 e. The van der Waals surface area contributed by atoms with E-state index in [1.54, 1.807) is 12.3 Å². The molecule has 4 rings (SSSR count). The molecule has 31 heavy (non-hydrogen) atoms. The Labute approximate surface area is 182 Å². The van der Waals surface area contributed by atoms with Crippen LogP contribution in [0.1, 0.15) is 33.6 Å². The van der Waals surface area contributed by atoms with Gasteiger partial charge in [-0.25, -0.2) is 9.37 Å². The van der Waals surface area contributed by atoms with E-state index in [4.69, 9.17) is 0 Å². The summed E-state index contributed by atoms with van der Waals surface area (Å²) in [7, 11) is 2.05. The van der Waals surface area contributed by atoms with E-state index in [0.717, 1.165) is 47.5 Å². The monoisotopic (exact) mass is 423 g/mol. The van der Waals surface area contributed by atoms with E-state index in [1.807, 2.05) is 25.2 Å². The topological polar surface area (TPSA) is 64.3 Å². The number of nitrogens with one attached hydrogen (secondary N) is 2. The zero-order chi connectivity index (χ0) is 22.2. The molecule has 1 saturated heterocycles. The average Bonchev–Trinajstić information content (AvgIpc) is 3.15. The predicted molar refractivity (Wildman–Crippen MR) is 124 cm³/mol. The number of anilines is 3. The maximum atomic E-state index is 13.6. The maximum absolute atomic E-state index is 13.6. The number of aromatic nitrogens is 2. The number of carbonyl (C=O) groups is 1. The molecule has 2 unspecified atom stereocenters. The highest BCUT2D eigenvalue weighted by Gasteiger charge is 2.32. The number of H-pyrrole nitrogens is 1. The van der Waals surface area contributed by atoms with Gasteiger partial charge in [-0.15, -0.1) is 0 Å². The maximum Gasteiger partial charge on any atom is 0.151 e. The molecule has 6 nitrogen and oxygen atoms in total. The molecule has 3 heterocycles. The molecule has 164 valence electrons. The zero-order valence-electron chi connectivity index (χ0n) is 18.5. The summed E-state index contributed by atoms with van der Waals surface area (Å²) in [4.78, 5) is 24.2. The van der Waals surface area contributed by atoms with Gasteiger partial charge in [-0.2, -0.15) is 0 Å². The van der Waals surface area contributed by atoms with Gasteiger partial charge in [0.2, 0.25) is 0 Å². The number of hydrogen-bond donors (Lipinski definition) is 2. The van der Waals surface area contributed by atoms with Gasteiger partial charge in [0.25, 0.3) is 0 Å². The summed E-state index contributed by atoms with van der Waals surface area (Å²) in [6.07, 6.45) is 4.39. The van der Waals surface area contributed by atoms with Crippen molar-refractivity contribution >= 4 is 34.5 Å². The van der Waals surface area contributed by atoms with Crippen molar-refractivity contribution < 1.29 is 9.18 Å². The first-order valence-corrected chi connectivity index (χ1v) is 10.7. The van der Waals surface area contributed by atoms with E-state index in [-0.39, 0.29) is 23.4 Å². The number of rotatable bonds is 5. The van der Waals surface area contributed by atoms with Crippen LogP contribution in [0, 0.1) is 5.82 Å². The number of carbonyl (C=O) groups excluding carboxylic acids is 1. The summed E-state index contributed by atoms with van der Waals surface area (Å²) >= 11 is 0. The molecule has 0 amide bonds. The third kappa shape index (κ3) is 4.50. The van der Waals surface area contributed by atoms with E-state index < -0.39 is 0 Å². The molecule has 1 aliphatic heterocycles. The van der Waals surface area contributed by atoms with Crippen LogP contribution in [0.3, 0.4) is 0 Å². The third-order valence-corrected chi connectivity index (χ3v) is 5.83. The quantitative estimate of drug-likeness (QED) is 0.588. The van der Waals surface area contributed by atoms with Crippen LogP contribution in [0.4, 0.5) is 21.7 Å². The number of aromatic amines is 1. The van der Waals surface area contributed by atoms with Gasteiger partial charge in [-0.1, -0.05) is 0 Å². The van der Waals surface area contributed by atoms with Crippen LogP contribution in [-0.4, -0.2) is 47.5 Å². The first kappa shape index (κ1) is 21.2. The minimum Gasteiger partial charge on any atom is -0.377 e. The van der Waals surface area contributed by atoms with Gasteiger partial charge in [0, 0.05) is 42.3 Å². The van der Waals surface area contributed by atoms with Crippen molar-refractivity contribution in [3.63, 3.8) is 0 Å². The Bertz CT molecular complexity index is 1070. The molecule has 7 heteroatoms. The van der Waals surface area contributed by atoms with Crippen LogP contribution in [-0.2, 0) is 4.79 Å². The molecule has 1 fully saturated rings. The first-order chi connectivity index (χ1) is 14.7. The van der Waals surface area contributed by atoms with E-state index >= 15 is 0 Å². The predicted octanol–water partition coefficient (Wildman–Crippen LogP) is 4.59. The summed E-state index contributed by atoms with van der Waals surface area (Å²) < 4.78 is 13.6. The number of halogens is 1. The van der Waals surface area contributed by atoms with E-state index in [2.05, 4.69) is 45.9 Å². The molecule has 2 atom stereocenters. The van der Waals surface area contributed by atoms with Crippen LogP contribution < -0.4 is 15.1 Å². The summed E-state index contributed by atoms with van der Waals surface area (Å²) in [5, 5.41) is 4.34. The minimum absolute atomic E-state index is 0.0809. The Balaban J connectivity index is 1.54. The normalized spacial score (nSPS) is 19.5. The molecule has 1 aliphatic rings. The lowest BCUT2D eigenvalue weighted by molar-refractivity contribution is -0.109. The summed E-state index contributed by atoms with van der Waals surface area (Å²) in [6.45, 7) is 7.09. The molecule has 3 aromatic rings. The van der Waals surface area contributed by atoms with Gasteiger partial charge in [-0.3, -0.25) is 0 Å². The fourth-order valence-electron chi connectivity index (χ4n) is 4.35. The van der Waals surface area contributed by atoms with E-state index in [9.17, 15) is 9.18 Å². The lowest BCUT2D eigenvalue weighted by Crippen LogP contribution is -2.50. The number of pyridine rings is 1. The number of fused-ring (bicyclic) bond motifs is 1. The molecule has 2 aromatic heterocycles. The van der Waals surface area contributed by atoms with Gasteiger partial charge >= 0.3 is 0 Å². The molecule has 0 spiro atoms. The van der Waals surface area contributed by atoms with Crippen LogP contribution in [0.5, 0.6) is 0 Å². The highest BCUT2D eigenvalue weighted by Crippen LogP contribution is 2.32. The highest BCUT2D eigenvalue weighted by atomic mass is 19.1. The number of benzene rings is 1. The van der Waals surface area contributed by atoms with Crippen LogP contribution in [0.25, 0.3) is 10.9 Å².